The Labute approximate surface area is 114 Å². The van der Waals surface area contributed by atoms with Gasteiger partial charge in [-0.2, -0.15) is 0 Å². The van der Waals surface area contributed by atoms with Crippen molar-refractivity contribution in [3.05, 3.63) is 29.3 Å². The quantitative estimate of drug-likeness (QED) is 0.801. The maximum atomic E-state index is 11.0. The number of anilines is 1. The van der Waals surface area contributed by atoms with Crippen molar-refractivity contribution >= 4 is 11.7 Å². The van der Waals surface area contributed by atoms with Crippen molar-refractivity contribution in [1.29, 1.82) is 0 Å². The lowest BCUT2D eigenvalue weighted by Crippen LogP contribution is -2.26. The van der Waals surface area contributed by atoms with Crippen molar-refractivity contribution in [2.24, 2.45) is 5.92 Å². The van der Waals surface area contributed by atoms with Gasteiger partial charge in [0, 0.05) is 25.4 Å². The van der Waals surface area contributed by atoms with Crippen LogP contribution in [-0.4, -0.2) is 37.4 Å². The Bertz CT molecular complexity index is 457. The number of carboxylic acid groups (broad SMARTS) is 1. The van der Waals surface area contributed by atoms with Gasteiger partial charge in [-0.25, -0.2) is 4.79 Å². The summed E-state index contributed by atoms with van der Waals surface area (Å²) < 4.78 is 5.59. The topological polar surface area (TPSA) is 49.8 Å². The first-order valence-electron chi connectivity index (χ1n) is 6.77. The lowest BCUT2D eigenvalue weighted by molar-refractivity contribution is 0.0697. The summed E-state index contributed by atoms with van der Waals surface area (Å²) in [6.45, 7) is 7.49. The van der Waals surface area contributed by atoms with Crippen LogP contribution in [0.3, 0.4) is 0 Å². The second kappa shape index (κ2) is 6.06. The average molecular weight is 263 g/mol. The fourth-order valence-electron chi connectivity index (χ4n) is 2.30. The molecule has 0 fully saturated rings. The number of hydrogen-bond acceptors (Lipinski definition) is 3. The Hall–Kier alpha value is -1.55. The molecule has 104 valence electrons. The second-order valence-corrected chi connectivity index (χ2v) is 5.35. The summed E-state index contributed by atoms with van der Waals surface area (Å²) in [5, 5.41) is 9.03. The molecular weight excluding hydrogens is 242 g/mol. The van der Waals surface area contributed by atoms with Gasteiger partial charge in [0.25, 0.3) is 0 Å². The fraction of sp³-hybridized carbons (Fsp3) is 0.533. The minimum Gasteiger partial charge on any atom is -0.478 e. The van der Waals surface area contributed by atoms with E-state index in [9.17, 15) is 4.79 Å². The molecule has 1 aliphatic heterocycles. The first-order valence-corrected chi connectivity index (χ1v) is 6.77. The summed E-state index contributed by atoms with van der Waals surface area (Å²) in [6.07, 6.45) is 0.986. The van der Waals surface area contributed by atoms with E-state index in [0.717, 1.165) is 31.8 Å². The molecule has 0 radical (unpaired) electrons. The first-order chi connectivity index (χ1) is 9.08. The van der Waals surface area contributed by atoms with Gasteiger partial charge < -0.3 is 14.7 Å². The molecule has 2 rings (SSSR count). The molecule has 1 aromatic carbocycles. The van der Waals surface area contributed by atoms with Crippen molar-refractivity contribution in [3.63, 3.8) is 0 Å². The van der Waals surface area contributed by atoms with Gasteiger partial charge >= 0.3 is 5.97 Å². The summed E-state index contributed by atoms with van der Waals surface area (Å²) in [4.78, 5) is 13.2. The minimum absolute atomic E-state index is 0.355. The van der Waals surface area contributed by atoms with Crippen molar-refractivity contribution in [2.75, 3.05) is 31.2 Å². The van der Waals surface area contributed by atoms with Gasteiger partial charge in [-0.1, -0.05) is 19.9 Å². The van der Waals surface area contributed by atoms with Crippen LogP contribution in [0.2, 0.25) is 0 Å². The Morgan fingerprint density at radius 2 is 2.26 bits per heavy atom. The van der Waals surface area contributed by atoms with Crippen molar-refractivity contribution < 1.29 is 14.6 Å². The minimum atomic E-state index is -0.870. The number of fused-ring (bicyclic) bond motifs is 1. The Kier molecular flexibility index (Phi) is 4.43. The number of aromatic carboxylic acids is 1. The Morgan fingerprint density at radius 3 is 2.95 bits per heavy atom. The van der Waals surface area contributed by atoms with Gasteiger partial charge in [-0.05, 0) is 30.0 Å². The molecule has 0 saturated carbocycles. The molecule has 4 heteroatoms. The molecule has 1 N–H and O–H groups in total. The van der Waals surface area contributed by atoms with Crippen molar-refractivity contribution in [2.45, 2.75) is 20.3 Å². The summed E-state index contributed by atoms with van der Waals surface area (Å²) in [7, 11) is 0. The van der Waals surface area contributed by atoms with Gasteiger partial charge in [0.05, 0.1) is 12.2 Å². The average Bonchev–Trinajstić information content (AvgIpc) is 2.76. The van der Waals surface area contributed by atoms with Gasteiger partial charge in [-0.15, -0.1) is 0 Å². The number of ether oxygens (including phenoxy) is 1. The predicted octanol–water partition coefficient (Wildman–Crippen LogP) is 2.42. The zero-order valence-corrected chi connectivity index (χ0v) is 11.6. The number of carboxylic acids is 1. The normalized spacial score (nSPS) is 13.9. The van der Waals surface area contributed by atoms with Crippen LogP contribution in [0.1, 0.15) is 29.8 Å². The van der Waals surface area contributed by atoms with Crippen LogP contribution in [0.15, 0.2) is 18.2 Å². The van der Waals surface area contributed by atoms with Crippen LogP contribution < -0.4 is 4.90 Å². The number of benzene rings is 1. The van der Waals surface area contributed by atoms with E-state index in [1.54, 1.807) is 12.1 Å². The highest BCUT2D eigenvalue weighted by molar-refractivity contribution is 5.89. The second-order valence-electron chi connectivity index (χ2n) is 5.35. The van der Waals surface area contributed by atoms with E-state index < -0.39 is 5.97 Å². The van der Waals surface area contributed by atoms with Crippen LogP contribution in [0.25, 0.3) is 0 Å². The number of hydrogen-bond donors (Lipinski definition) is 1. The van der Waals surface area contributed by atoms with Gasteiger partial charge in [0.1, 0.15) is 0 Å². The zero-order valence-electron chi connectivity index (χ0n) is 11.6. The standard InChI is InChI=1S/C15H21NO3/c1-11(2)10-19-8-7-16-6-5-12-3-4-13(15(17)18)9-14(12)16/h3-4,9,11H,5-8,10H2,1-2H3,(H,17,18). The third kappa shape index (κ3) is 3.47. The van der Waals surface area contributed by atoms with Crippen LogP contribution in [0.5, 0.6) is 0 Å². The van der Waals surface area contributed by atoms with Crippen LogP contribution in [-0.2, 0) is 11.2 Å². The highest BCUT2D eigenvalue weighted by atomic mass is 16.5. The highest BCUT2D eigenvalue weighted by Crippen LogP contribution is 2.28. The molecule has 0 amide bonds. The molecular formula is C15H21NO3. The summed E-state index contributed by atoms with van der Waals surface area (Å²) >= 11 is 0. The van der Waals surface area contributed by atoms with E-state index in [2.05, 4.69) is 18.7 Å². The van der Waals surface area contributed by atoms with E-state index in [1.807, 2.05) is 6.07 Å². The molecule has 0 bridgehead atoms. The van der Waals surface area contributed by atoms with Crippen LogP contribution >= 0.6 is 0 Å². The maximum Gasteiger partial charge on any atom is 0.335 e. The number of nitrogens with zero attached hydrogens (tertiary/aromatic N) is 1. The van der Waals surface area contributed by atoms with E-state index in [4.69, 9.17) is 9.84 Å². The molecule has 0 saturated heterocycles. The lowest BCUT2D eigenvalue weighted by atomic mass is 10.1. The first kappa shape index (κ1) is 13.9. The smallest absolute Gasteiger partial charge is 0.335 e. The molecule has 1 aromatic rings. The third-order valence-corrected chi connectivity index (χ3v) is 3.28. The largest absolute Gasteiger partial charge is 0.478 e. The third-order valence-electron chi connectivity index (χ3n) is 3.28. The molecule has 1 heterocycles. The zero-order chi connectivity index (χ0) is 13.8. The molecule has 0 atom stereocenters. The summed E-state index contributed by atoms with van der Waals surface area (Å²) in [5.41, 5.74) is 2.63. The van der Waals surface area contributed by atoms with Crippen LogP contribution in [0.4, 0.5) is 5.69 Å². The number of carbonyl (C=O) groups is 1. The molecule has 4 nitrogen and oxygen atoms in total. The molecule has 0 spiro atoms. The highest BCUT2D eigenvalue weighted by Gasteiger charge is 2.20. The maximum absolute atomic E-state index is 11.0. The SMILES string of the molecule is CC(C)COCCN1CCc2ccc(C(=O)O)cc21. The Morgan fingerprint density at radius 1 is 1.47 bits per heavy atom. The molecule has 1 aliphatic rings. The predicted molar refractivity (Wildman–Crippen MR) is 75.0 cm³/mol. The lowest BCUT2D eigenvalue weighted by Gasteiger charge is -2.20. The van der Waals surface area contributed by atoms with E-state index in [0.29, 0.717) is 18.1 Å². The van der Waals surface area contributed by atoms with Gasteiger partial charge in [0.15, 0.2) is 0 Å². The molecule has 0 aliphatic carbocycles. The van der Waals surface area contributed by atoms with Crippen LogP contribution in [0, 0.1) is 5.92 Å². The Balaban J connectivity index is 1.96. The molecule has 19 heavy (non-hydrogen) atoms. The van der Waals surface area contributed by atoms with Crippen molar-refractivity contribution in [3.8, 4) is 0 Å². The van der Waals surface area contributed by atoms with Crippen molar-refractivity contribution in [1.82, 2.24) is 0 Å². The van der Waals surface area contributed by atoms with Gasteiger partial charge in [0.2, 0.25) is 0 Å². The van der Waals surface area contributed by atoms with Gasteiger partial charge in [-0.3, -0.25) is 0 Å². The van der Waals surface area contributed by atoms with E-state index in [1.165, 1.54) is 5.56 Å². The van der Waals surface area contributed by atoms with E-state index in [-0.39, 0.29) is 0 Å². The summed E-state index contributed by atoms with van der Waals surface area (Å²) in [6, 6.07) is 5.38. The molecule has 0 unspecified atom stereocenters. The van der Waals surface area contributed by atoms with E-state index >= 15 is 0 Å². The molecule has 0 aromatic heterocycles. The monoisotopic (exact) mass is 263 g/mol. The summed E-state index contributed by atoms with van der Waals surface area (Å²) in [5.74, 6) is -0.324. The fourth-order valence-corrected chi connectivity index (χ4v) is 2.30. The number of rotatable bonds is 6.